The molecule has 0 unspecified atom stereocenters. The summed E-state index contributed by atoms with van der Waals surface area (Å²) in [5.41, 5.74) is 2.61. The molecule has 0 amide bonds. The molecule has 2 aromatic carbocycles. The Morgan fingerprint density at radius 3 is 2.52 bits per heavy atom. The van der Waals surface area contributed by atoms with Gasteiger partial charge >= 0.3 is 0 Å². The fourth-order valence-electron chi connectivity index (χ4n) is 2.54. The molecule has 2 aliphatic heterocycles. The smallest absolute Gasteiger partial charge is 0.265 e. The van der Waals surface area contributed by atoms with Crippen LogP contribution in [0.3, 0.4) is 0 Å². The summed E-state index contributed by atoms with van der Waals surface area (Å²) in [7, 11) is 0. The quantitative estimate of drug-likeness (QED) is 0.492. The number of nitrogens with one attached hydrogen (secondary N) is 1. The van der Waals surface area contributed by atoms with Crippen LogP contribution < -0.4 is 5.56 Å². The minimum atomic E-state index is -0.338. The lowest BCUT2D eigenvalue weighted by atomic mass is 10.1. The van der Waals surface area contributed by atoms with Crippen molar-refractivity contribution in [3.63, 3.8) is 0 Å². The van der Waals surface area contributed by atoms with Gasteiger partial charge in [0, 0.05) is 15.1 Å². The SMILES string of the molecule is O=c1[nH]nc2cc(-c3ccc(Cl)cc3Cl)n(-c3ccc(Br)cc3)nc1-2. The summed E-state index contributed by atoms with van der Waals surface area (Å²) in [4.78, 5) is 11.9. The molecule has 0 aromatic heterocycles. The van der Waals surface area contributed by atoms with Crippen molar-refractivity contribution in [3.8, 4) is 28.3 Å². The number of halogens is 3. The molecule has 2 heterocycles. The third-order valence-electron chi connectivity index (χ3n) is 3.72. The van der Waals surface area contributed by atoms with E-state index in [1.807, 2.05) is 30.3 Å². The van der Waals surface area contributed by atoms with E-state index in [1.54, 1.807) is 22.9 Å². The van der Waals surface area contributed by atoms with E-state index < -0.39 is 0 Å². The topological polar surface area (TPSA) is 63.6 Å². The van der Waals surface area contributed by atoms with Crippen molar-refractivity contribution in [2.75, 3.05) is 0 Å². The summed E-state index contributed by atoms with van der Waals surface area (Å²) in [5, 5.41) is 11.9. The van der Waals surface area contributed by atoms with E-state index in [0.717, 1.165) is 15.7 Å². The zero-order valence-electron chi connectivity index (χ0n) is 12.5. The zero-order valence-corrected chi connectivity index (χ0v) is 15.6. The van der Waals surface area contributed by atoms with Crippen LogP contribution in [0.5, 0.6) is 0 Å². The largest absolute Gasteiger partial charge is 0.294 e. The van der Waals surface area contributed by atoms with Crippen molar-refractivity contribution >= 4 is 39.1 Å². The lowest BCUT2D eigenvalue weighted by Crippen LogP contribution is -2.11. The van der Waals surface area contributed by atoms with Crippen molar-refractivity contribution in [1.29, 1.82) is 0 Å². The number of hydrogen-bond donors (Lipinski definition) is 1. The second-order valence-electron chi connectivity index (χ2n) is 5.33. The van der Waals surface area contributed by atoms with E-state index in [0.29, 0.717) is 21.4 Å². The van der Waals surface area contributed by atoms with Gasteiger partial charge in [-0.15, -0.1) is 0 Å². The van der Waals surface area contributed by atoms with Crippen molar-refractivity contribution in [2.24, 2.45) is 0 Å². The molecule has 0 radical (unpaired) electrons. The van der Waals surface area contributed by atoms with Crippen LogP contribution in [0.4, 0.5) is 0 Å². The number of aromatic amines is 1. The Labute approximate surface area is 160 Å². The van der Waals surface area contributed by atoms with Gasteiger partial charge in [0.15, 0.2) is 5.69 Å². The van der Waals surface area contributed by atoms with Crippen molar-refractivity contribution in [2.45, 2.75) is 0 Å². The van der Waals surface area contributed by atoms with Crippen molar-refractivity contribution < 1.29 is 0 Å². The summed E-state index contributed by atoms with van der Waals surface area (Å²) in [6, 6.07) is 14.6. The molecule has 1 N–H and O–H groups in total. The molecule has 0 saturated carbocycles. The van der Waals surface area contributed by atoms with Gasteiger partial charge < -0.3 is 0 Å². The van der Waals surface area contributed by atoms with Gasteiger partial charge in [-0.2, -0.15) is 10.2 Å². The van der Waals surface area contributed by atoms with E-state index in [1.165, 1.54) is 0 Å². The van der Waals surface area contributed by atoms with Gasteiger partial charge in [0.1, 0.15) is 5.69 Å². The number of benzene rings is 2. The average molecular weight is 436 g/mol. The van der Waals surface area contributed by atoms with E-state index >= 15 is 0 Å². The number of H-pyrrole nitrogens is 1. The van der Waals surface area contributed by atoms with Crippen molar-refractivity contribution in [3.05, 3.63) is 73.4 Å². The molecule has 2 aliphatic rings. The van der Waals surface area contributed by atoms with Gasteiger partial charge in [-0.05, 0) is 48.5 Å². The van der Waals surface area contributed by atoms with Gasteiger partial charge in [-0.1, -0.05) is 39.1 Å². The molecule has 0 atom stereocenters. The molecule has 0 aliphatic carbocycles. The molecule has 25 heavy (non-hydrogen) atoms. The maximum Gasteiger partial charge on any atom is 0.294 e. The Bertz CT molecular complexity index is 1100. The lowest BCUT2D eigenvalue weighted by Gasteiger charge is -2.15. The van der Waals surface area contributed by atoms with Crippen LogP contribution in [0.15, 0.2) is 57.8 Å². The molecule has 4 rings (SSSR count). The molecular weight excluding hydrogens is 427 g/mol. The second-order valence-corrected chi connectivity index (χ2v) is 7.09. The summed E-state index contributed by atoms with van der Waals surface area (Å²) in [6.07, 6.45) is 0. The van der Waals surface area contributed by atoms with E-state index in [9.17, 15) is 4.79 Å². The maximum absolute atomic E-state index is 11.9. The molecule has 0 fully saturated rings. The maximum atomic E-state index is 11.9. The van der Waals surface area contributed by atoms with Crippen LogP contribution in [0.25, 0.3) is 28.3 Å². The minimum absolute atomic E-state index is 0.261. The summed E-state index contributed by atoms with van der Waals surface area (Å²) in [5.74, 6) is 0. The highest BCUT2D eigenvalue weighted by molar-refractivity contribution is 9.10. The standard InChI is InChI=1S/C17H9BrCl2N4O/c18-9-1-4-11(5-2-9)24-15(12-6-3-10(19)7-13(12)20)8-14-16(23-24)17(25)22-21-14/h1-8H,(H,22,25). The summed E-state index contributed by atoms with van der Waals surface area (Å²) < 4.78 is 2.61. The fourth-order valence-corrected chi connectivity index (χ4v) is 3.31. The Balaban J connectivity index is 2.05. The molecule has 5 nitrogen and oxygen atoms in total. The van der Waals surface area contributed by atoms with Crippen LogP contribution >= 0.6 is 39.1 Å². The molecule has 0 bridgehead atoms. The fraction of sp³-hybridized carbons (Fsp3) is 0. The highest BCUT2D eigenvalue weighted by Gasteiger charge is 2.19. The van der Waals surface area contributed by atoms with E-state index in [-0.39, 0.29) is 11.3 Å². The number of nitrogens with zero attached hydrogens (tertiary/aromatic N) is 3. The van der Waals surface area contributed by atoms with Gasteiger partial charge in [0.25, 0.3) is 5.56 Å². The first-order chi connectivity index (χ1) is 12.0. The van der Waals surface area contributed by atoms with Crippen LogP contribution in [-0.2, 0) is 0 Å². The van der Waals surface area contributed by atoms with Gasteiger partial charge in [-0.3, -0.25) is 4.79 Å². The second kappa shape index (κ2) is 6.29. The van der Waals surface area contributed by atoms with Gasteiger partial charge in [0.2, 0.25) is 0 Å². The third kappa shape index (κ3) is 2.97. The average Bonchev–Trinajstić information content (AvgIpc) is 2.95. The molecule has 0 spiro atoms. The zero-order chi connectivity index (χ0) is 17.6. The molecule has 8 heteroatoms. The van der Waals surface area contributed by atoms with Crippen LogP contribution in [0.1, 0.15) is 0 Å². The van der Waals surface area contributed by atoms with Crippen molar-refractivity contribution in [1.82, 2.24) is 20.0 Å². The van der Waals surface area contributed by atoms with Crippen LogP contribution in [0, 0.1) is 0 Å². The van der Waals surface area contributed by atoms with Crippen LogP contribution in [0.2, 0.25) is 10.0 Å². The first kappa shape index (κ1) is 16.3. The number of aromatic nitrogens is 4. The molecule has 2 aromatic rings. The molecule has 124 valence electrons. The summed E-state index contributed by atoms with van der Waals surface area (Å²) >= 11 is 15.8. The first-order valence-corrected chi connectivity index (χ1v) is 8.77. The van der Waals surface area contributed by atoms with E-state index in [2.05, 4.69) is 31.2 Å². The molecular formula is C17H9BrCl2N4O. The lowest BCUT2D eigenvalue weighted by molar-refractivity contribution is 0.853. The Kier molecular flexibility index (Phi) is 4.11. The monoisotopic (exact) mass is 434 g/mol. The van der Waals surface area contributed by atoms with E-state index in [4.69, 9.17) is 23.2 Å². The Hall–Kier alpha value is -2.15. The number of fused-ring (bicyclic) bond motifs is 1. The Morgan fingerprint density at radius 2 is 1.80 bits per heavy atom. The minimum Gasteiger partial charge on any atom is -0.265 e. The number of hydrogen-bond acceptors (Lipinski definition) is 3. The van der Waals surface area contributed by atoms with Crippen LogP contribution in [-0.4, -0.2) is 20.0 Å². The predicted molar refractivity (Wildman–Crippen MR) is 102 cm³/mol. The summed E-state index contributed by atoms with van der Waals surface area (Å²) in [6.45, 7) is 0. The first-order valence-electron chi connectivity index (χ1n) is 7.23. The highest BCUT2D eigenvalue weighted by Crippen LogP contribution is 2.33. The predicted octanol–water partition coefficient (Wildman–Crippen LogP) is 4.80. The normalized spacial score (nSPS) is 11.2. The van der Waals surface area contributed by atoms with Gasteiger partial charge in [-0.25, -0.2) is 9.78 Å². The highest BCUT2D eigenvalue weighted by atomic mass is 79.9. The third-order valence-corrected chi connectivity index (χ3v) is 4.79. The molecule has 0 saturated heterocycles. The van der Waals surface area contributed by atoms with Gasteiger partial charge in [0.05, 0.1) is 16.4 Å². The number of rotatable bonds is 2. The Morgan fingerprint density at radius 1 is 1.04 bits per heavy atom.